The number of nitrogens with zero attached hydrogens (tertiary/aromatic N) is 2. The lowest BCUT2D eigenvalue weighted by Gasteiger charge is -2.06. The van der Waals surface area contributed by atoms with Crippen molar-refractivity contribution in [1.82, 2.24) is 9.97 Å². The van der Waals surface area contributed by atoms with Gasteiger partial charge >= 0.3 is 0 Å². The Labute approximate surface area is 99.3 Å². The van der Waals surface area contributed by atoms with E-state index in [4.69, 9.17) is 22.9 Å². The Morgan fingerprint density at radius 2 is 0.722 bits per heavy atom. The van der Waals surface area contributed by atoms with Gasteiger partial charge in [-0.2, -0.15) is 0 Å². The molecule has 0 saturated carbocycles. The first-order valence-electron chi connectivity index (χ1n) is 4.37. The highest BCUT2D eigenvalue weighted by Gasteiger charge is 2.25. The molecule has 1 rings (SSSR count). The molecular weight excluding hydrogens is 244 g/mol. The van der Waals surface area contributed by atoms with Gasteiger partial charge in [-0.3, -0.25) is 19.2 Å². The van der Waals surface area contributed by atoms with Crippen LogP contribution in [0.4, 0.5) is 0 Å². The monoisotopic (exact) mass is 252 g/mol. The van der Waals surface area contributed by atoms with Gasteiger partial charge in [-0.05, 0) is 0 Å². The largest absolute Gasteiger partial charge is 0.364 e. The molecule has 0 fully saturated rings. The summed E-state index contributed by atoms with van der Waals surface area (Å²) in [6, 6.07) is 0. The number of aromatic nitrogens is 2. The molecule has 0 aliphatic carbocycles. The Kier molecular flexibility index (Phi) is 3.22. The van der Waals surface area contributed by atoms with Crippen LogP contribution < -0.4 is 22.9 Å². The van der Waals surface area contributed by atoms with Crippen molar-refractivity contribution in [2.45, 2.75) is 0 Å². The van der Waals surface area contributed by atoms with Crippen molar-refractivity contribution in [2.75, 3.05) is 0 Å². The van der Waals surface area contributed by atoms with Crippen molar-refractivity contribution in [3.63, 3.8) is 0 Å². The fourth-order valence-corrected chi connectivity index (χ4v) is 1.12. The topological polar surface area (TPSA) is 198 Å². The van der Waals surface area contributed by atoms with Gasteiger partial charge in [0.25, 0.3) is 23.6 Å². The minimum absolute atomic E-state index is 0.665. The van der Waals surface area contributed by atoms with E-state index < -0.39 is 46.4 Å². The molecule has 1 aromatic rings. The SMILES string of the molecule is NC(=O)c1nc(C(N)=O)c(C(N)=O)nc1C(N)=O. The van der Waals surface area contributed by atoms with Gasteiger partial charge in [0.1, 0.15) is 0 Å². The molecule has 0 aromatic carbocycles. The lowest BCUT2D eigenvalue weighted by atomic mass is 10.2. The molecule has 0 spiro atoms. The number of carbonyl (C=O) groups is 4. The summed E-state index contributed by atoms with van der Waals surface area (Å²) in [4.78, 5) is 50.9. The van der Waals surface area contributed by atoms with Crippen LogP contribution >= 0.6 is 0 Å². The lowest BCUT2D eigenvalue weighted by Crippen LogP contribution is -2.31. The van der Waals surface area contributed by atoms with Gasteiger partial charge in [-0.15, -0.1) is 0 Å². The van der Waals surface area contributed by atoms with Gasteiger partial charge < -0.3 is 22.9 Å². The van der Waals surface area contributed by atoms with Gasteiger partial charge in [-0.1, -0.05) is 0 Å². The first-order chi connectivity index (χ1) is 8.25. The third kappa shape index (κ3) is 2.21. The molecule has 0 atom stereocenters. The van der Waals surface area contributed by atoms with Crippen molar-refractivity contribution >= 4 is 23.6 Å². The lowest BCUT2D eigenvalue weighted by molar-refractivity contribution is 0.0941. The van der Waals surface area contributed by atoms with Crippen LogP contribution in [0.3, 0.4) is 0 Å². The average molecular weight is 252 g/mol. The predicted octanol–water partition coefficient (Wildman–Crippen LogP) is -3.13. The van der Waals surface area contributed by atoms with Crippen LogP contribution in [0.5, 0.6) is 0 Å². The zero-order valence-corrected chi connectivity index (χ0v) is 8.84. The van der Waals surface area contributed by atoms with E-state index >= 15 is 0 Å². The molecule has 1 heterocycles. The Bertz CT molecular complexity index is 483. The maximum absolute atomic E-state index is 11.0. The van der Waals surface area contributed by atoms with Crippen molar-refractivity contribution in [3.8, 4) is 0 Å². The third-order valence-electron chi connectivity index (χ3n) is 1.83. The van der Waals surface area contributed by atoms with E-state index in [1.165, 1.54) is 0 Å². The summed E-state index contributed by atoms with van der Waals surface area (Å²) in [6.07, 6.45) is 0. The fourth-order valence-electron chi connectivity index (χ4n) is 1.12. The zero-order chi connectivity index (χ0) is 14.0. The van der Waals surface area contributed by atoms with E-state index in [0.29, 0.717) is 0 Å². The molecule has 0 unspecified atom stereocenters. The maximum atomic E-state index is 11.0. The summed E-state index contributed by atoms with van der Waals surface area (Å²) in [5, 5.41) is 0. The molecule has 18 heavy (non-hydrogen) atoms. The highest BCUT2D eigenvalue weighted by atomic mass is 16.2. The normalized spacial score (nSPS) is 9.78. The number of hydrogen-bond acceptors (Lipinski definition) is 6. The maximum Gasteiger partial charge on any atom is 0.269 e. The Balaban J connectivity index is 3.71. The molecule has 4 amide bonds. The Morgan fingerprint density at radius 3 is 0.833 bits per heavy atom. The van der Waals surface area contributed by atoms with E-state index in [1.807, 2.05) is 0 Å². The molecule has 0 aliphatic rings. The second-order valence-electron chi connectivity index (χ2n) is 3.08. The third-order valence-corrected chi connectivity index (χ3v) is 1.83. The number of nitrogens with two attached hydrogens (primary N) is 4. The van der Waals surface area contributed by atoms with Gasteiger partial charge in [0, 0.05) is 0 Å². The summed E-state index contributed by atoms with van der Waals surface area (Å²) in [7, 11) is 0. The highest BCUT2D eigenvalue weighted by Crippen LogP contribution is 2.08. The summed E-state index contributed by atoms with van der Waals surface area (Å²) in [5.74, 6) is -4.63. The van der Waals surface area contributed by atoms with Crippen molar-refractivity contribution in [2.24, 2.45) is 22.9 Å². The van der Waals surface area contributed by atoms with E-state index in [2.05, 4.69) is 9.97 Å². The van der Waals surface area contributed by atoms with Crippen molar-refractivity contribution in [1.29, 1.82) is 0 Å². The van der Waals surface area contributed by atoms with Crippen LogP contribution in [0.2, 0.25) is 0 Å². The van der Waals surface area contributed by atoms with Gasteiger partial charge in [0.15, 0.2) is 22.8 Å². The summed E-state index contributed by atoms with van der Waals surface area (Å²) in [5.41, 5.74) is 17.1. The minimum atomic E-state index is -1.16. The Hall–Kier alpha value is -3.04. The van der Waals surface area contributed by atoms with E-state index in [0.717, 1.165) is 0 Å². The number of rotatable bonds is 4. The van der Waals surface area contributed by atoms with Crippen molar-refractivity contribution in [3.05, 3.63) is 22.8 Å². The molecule has 10 heteroatoms. The predicted molar refractivity (Wildman–Crippen MR) is 56.1 cm³/mol. The average Bonchev–Trinajstić information content (AvgIpc) is 2.26. The molecule has 0 aliphatic heterocycles. The first-order valence-corrected chi connectivity index (χ1v) is 4.37. The van der Waals surface area contributed by atoms with Crippen LogP contribution in [0.15, 0.2) is 0 Å². The van der Waals surface area contributed by atoms with E-state index in [9.17, 15) is 19.2 Å². The molecule has 94 valence electrons. The standard InChI is InChI=1S/C8H8N6O4/c9-5(15)1-2(6(10)16)14-4(8(12)18)3(13-1)7(11)17/h(H2,9,15)(H2,10,16)(H2,11,17)(H2,12,18). The molecule has 10 nitrogen and oxygen atoms in total. The smallest absolute Gasteiger partial charge is 0.269 e. The minimum Gasteiger partial charge on any atom is -0.364 e. The second kappa shape index (κ2) is 4.45. The van der Waals surface area contributed by atoms with Crippen molar-refractivity contribution < 1.29 is 19.2 Å². The Morgan fingerprint density at radius 1 is 0.556 bits per heavy atom. The number of primary amides is 4. The fraction of sp³-hybridized carbons (Fsp3) is 0. The zero-order valence-electron chi connectivity index (χ0n) is 8.84. The molecule has 0 radical (unpaired) electrons. The number of hydrogen-bond donors (Lipinski definition) is 4. The van der Waals surface area contributed by atoms with Crippen LogP contribution in [0.25, 0.3) is 0 Å². The van der Waals surface area contributed by atoms with Crippen LogP contribution in [0, 0.1) is 0 Å². The second-order valence-corrected chi connectivity index (χ2v) is 3.08. The molecular formula is C8H8N6O4. The van der Waals surface area contributed by atoms with Gasteiger partial charge in [-0.25, -0.2) is 9.97 Å². The van der Waals surface area contributed by atoms with E-state index in [1.54, 1.807) is 0 Å². The van der Waals surface area contributed by atoms with Gasteiger partial charge in [0.2, 0.25) is 0 Å². The van der Waals surface area contributed by atoms with Crippen LogP contribution in [-0.2, 0) is 0 Å². The number of carbonyl (C=O) groups excluding carboxylic acids is 4. The molecule has 8 N–H and O–H groups in total. The molecule has 1 aromatic heterocycles. The summed E-state index contributed by atoms with van der Waals surface area (Å²) < 4.78 is 0. The van der Waals surface area contributed by atoms with E-state index in [-0.39, 0.29) is 0 Å². The van der Waals surface area contributed by atoms with Gasteiger partial charge in [0.05, 0.1) is 0 Å². The summed E-state index contributed by atoms with van der Waals surface area (Å²) >= 11 is 0. The summed E-state index contributed by atoms with van der Waals surface area (Å²) in [6.45, 7) is 0. The first kappa shape index (κ1) is 13.0. The molecule has 0 bridgehead atoms. The number of amides is 4. The van der Waals surface area contributed by atoms with Crippen LogP contribution in [0.1, 0.15) is 42.0 Å². The quantitative estimate of drug-likeness (QED) is 0.436. The highest BCUT2D eigenvalue weighted by molar-refractivity contribution is 6.08. The van der Waals surface area contributed by atoms with Crippen LogP contribution in [-0.4, -0.2) is 33.6 Å². The molecule has 0 saturated heterocycles.